The largest absolute Gasteiger partial charge is 0.465 e. The summed E-state index contributed by atoms with van der Waals surface area (Å²) in [7, 11) is 1.35. The molecule has 0 spiro atoms. The van der Waals surface area contributed by atoms with E-state index in [-0.39, 0.29) is 11.5 Å². The van der Waals surface area contributed by atoms with E-state index in [1.807, 2.05) is 11.4 Å². The van der Waals surface area contributed by atoms with E-state index in [2.05, 4.69) is 9.84 Å². The smallest absolute Gasteiger partial charge is 0.348 e. The van der Waals surface area contributed by atoms with Crippen LogP contribution in [-0.4, -0.2) is 22.9 Å². The van der Waals surface area contributed by atoms with Crippen molar-refractivity contribution in [2.24, 2.45) is 0 Å². The van der Waals surface area contributed by atoms with Crippen LogP contribution in [0.1, 0.15) is 14.5 Å². The maximum atomic E-state index is 12.2. The van der Waals surface area contributed by atoms with Crippen molar-refractivity contribution in [1.82, 2.24) is 9.78 Å². The van der Waals surface area contributed by atoms with E-state index in [1.165, 1.54) is 34.5 Å². The number of nitrogens with zero attached hydrogens (tertiary/aromatic N) is 2. The number of carbonyl (C=O) groups excluding carboxylic acids is 1. The highest BCUT2D eigenvalue weighted by molar-refractivity contribution is 7.17. The molecule has 0 amide bonds. The van der Waals surface area contributed by atoms with Crippen LogP contribution in [0.5, 0.6) is 0 Å². The summed E-state index contributed by atoms with van der Waals surface area (Å²) in [5.74, 6) is -0.366. The molecule has 3 aromatic heterocycles. The molecular weight excluding hydrogens is 296 g/mol. The molecule has 102 valence electrons. The van der Waals surface area contributed by atoms with Gasteiger partial charge in [-0.25, -0.2) is 9.48 Å². The predicted molar refractivity (Wildman–Crippen MR) is 78.6 cm³/mol. The SMILES string of the molecule is COC(=O)c1ccc(Cn2ncc3sccc3c2=O)s1. The molecule has 0 aliphatic carbocycles. The lowest BCUT2D eigenvalue weighted by Crippen LogP contribution is -2.22. The monoisotopic (exact) mass is 306 g/mol. The minimum Gasteiger partial charge on any atom is -0.465 e. The highest BCUT2D eigenvalue weighted by Crippen LogP contribution is 2.19. The number of methoxy groups -OCH3 is 1. The van der Waals surface area contributed by atoms with Crippen LogP contribution in [0, 0.1) is 0 Å². The van der Waals surface area contributed by atoms with Crippen molar-refractivity contribution in [3.05, 3.63) is 49.9 Å². The third kappa shape index (κ3) is 2.25. The van der Waals surface area contributed by atoms with E-state index in [9.17, 15) is 9.59 Å². The highest BCUT2D eigenvalue weighted by Gasteiger charge is 2.11. The summed E-state index contributed by atoms with van der Waals surface area (Å²) in [6, 6.07) is 5.30. The van der Waals surface area contributed by atoms with Gasteiger partial charge in [-0.05, 0) is 23.6 Å². The molecule has 0 aliphatic heterocycles. The highest BCUT2D eigenvalue weighted by atomic mass is 32.1. The molecule has 0 unspecified atom stereocenters. The van der Waals surface area contributed by atoms with Gasteiger partial charge in [0.15, 0.2) is 0 Å². The molecule has 7 heteroatoms. The van der Waals surface area contributed by atoms with Gasteiger partial charge >= 0.3 is 5.97 Å². The van der Waals surface area contributed by atoms with Gasteiger partial charge in [0.25, 0.3) is 5.56 Å². The number of hydrogen-bond acceptors (Lipinski definition) is 6. The quantitative estimate of drug-likeness (QED) is 0.697. The van der Waals surface area contributed by atoms with Gasteiger partial charge < -0.3 is 4.74 Å². The molecule has 3 aromatic rings. The average molecular weight is 306 g/mol. The molecule has 20 heavy (non-hydrogen) atoms. The zero-order chi connectivity index (χ0) is 14.1. The standard InChI is InChI=1S/C13H10N2O3S2/c1-18-13(17)10-3-2-8(20-10)7-15-12(16)9-4-5-19-11(9)6-14-15/h2-6H,7H2,1H3. The second-order valence-electron chi connectivity index (χ2n) is 4.06. The second kappa shape index (κ2) is 5.18. The molecule has 0 N–H and O–H groups in total. The van der Waals surface area contributed by atoms with Gasteiger partial charge in [0.1, 0.15) is 4.88 Å². The van der Waals surface area contributed by atoms with Gasteiger partial charge in [-0.3, -0.25) is 4.79 Å². The van der Waals surface area contributed by atoms with E-state index in [1.54, 1.807) is 18.3 Å². The number of fused-ring (bicyclic) bond motifs is 1. The summed E-state index contributed by atoms with van der Waals surface area (Å²) >= 11 is 2.80. The van der Waals surface area contributed by atoms with Crippen LogP contribution in [0.4, 0.5) is 0 Å². The van der Waals surface area contributed by atoms with Crippen LogP contribution in [0.25, 0.3) is 10.1 Å². The number of esters is 1. The van der Waals surface area contributed by atoms with Crippen molar-refractivity contribution in [1.29, 1.82) is 0 Å². The Morgan fingerprint density at radius 1 is 1.40 bits per heavy atom. The Hall–Kier alpha value is -1.99. The number of ether oxygens (including phenoxy) is 1. The fourth-order valence-corrected chi connectivity index (χ4v) is 3.49. The zero-order valence-electron chi connectivity index (χ0n) is 10.5. The summed E-state index contributed by atoms with van der Waals surface area (Å²) < 4.78 is 6.95. The van der Waals surface area contributed by atoms with Gasteiger partial charge in [0.2, 0.25) is 0 Å². The molecule has 3 rings (SSSR count). The van der Waals surface area contributed by atoms with Crippen LogP contribution < -0.4 is 5.56 Å². The topological polar surface area (TPSA) is 61.2 Å². The Kier molecular flexibility index (Phi) is 3.37. The summed E-state index contributed by atoms with van der Waals surface area (Å²) in [5, 5.41) is 6.70. The number of hydrogen-bond donors (Lipinski definition) is 0. The normalized spacial score (nSPS) is 10.8. The maximum Gasteiger partial charge on any atom is 0.348 e. The van der Waals surface area contributed by atoms with Crippen molar-refractivity contribution in [2.75, 3.05) is 7.11 Å². The Morgan fingerprint density at radius 3 is 3.05 bits per heavy atom. The van der Waals surface area contributed by atoms with E-state index >= 15 is 0 Å². The van der Waals surface area contributed by atoms with Crippen LogP contribution in [-0.2, 0) is 11.3 Å². The molecule has 0 bridgehead atoms. The van der Waals surface area contributed by atoms with E-state index in [4.69, 9.17) is 0 Å². The molecule has 0 saturated carbocycles. The van der Waals surface area contributed by atoms with Crippen molar-refractivity contribution in [3.63, 3.8) is 0 Å². The van der Waals surface area contributed by atoms with Crippen molar-refractivity contribution < 1.29 is 9.53 Å². The number of aromatic nitrogens is 2. The fourth-order valence-electron chi connectivity index (χ4n) is 1.84. The van der Waals surface area contributed by atoms with Crippen LogP contribution >= 0.6 is 22.7 Å². The molecular formula is C13H10N2O3S2. The number of rotatable bonds is 3. The molecule has 0 atom stereocenters. The molecule has 0 saturated heterocycles. The third-order valence-corrected chi connectivity index (χ3v) is 4.73. The molecule has 0 fully saturated rings. The van der Waals surface area contributed by atoms with Gasteiger partial charge in [0.05, 0.1) is 29.9 Å². The van der Waals surface area contributed by atoms with Crippen molar-refractivity contribution >= 4 is 38.7 Å². The lowest BCUT2D eigenvalue weighted by Gasteiger charge is -2.01. The first-order chi connectivity index (χ1) is 9.69. The van der Waals surface area contributed by atoms with Crippen LogP contribution in [0.3, 0.4) is 0 Å². The maximum absolute atomic E-state index is 12.2. The Balaban J connectivity index is 1.93. The Bertz CT molecular complexity index is 831. The molecule has 3 heterocycles. The first-order valence-corrected chi connectivity index (χ1v) is 7.49. The van der Waals surface area contributed by atoms with Crippen LogP contribution in [0.2, 0.25) is 0 Å². The predicted octanol–water partition coefficient (Wildman–Crippen LogP) is 2.35. The molecule has 5 nitrogen and oxygen atoms in total. The number of carbonyl (C=O) groups is 1. The first-order valence-electron chi connectivity index (χ1n) is 5.79. The number of thiophene rings is 2. The molecule has 0 radical (unpaired) electrons. The van der Waals surface area contributed by atoms with E-state index < -0.39 is 0 Å². The summed E-state index contributed by atoms with van der Waals surface area (Å²) in [6.07, 6.45) is 1.69. The van der Waals surface area contributed by atoms with Gasteiger partial charge in [0, 0.05) is 4.88 Å². The minimum atomic E-state index is -0.366. The lowest BCUT2D eigenvalue weighted by atomic mass is 10.3. The van der Waals surface area contributed by atoms with Gasteiger partial charge in [-0.2, -0.15) is 5.10 Å². The van der Waals surface area contributed by atoms with Crippen molar-refractivity contribution in [3.8, 4) is 0 Å². The minimum absolute atomic E-state index is 0.114. The molecule has 0 aromatic carbocycles. The van der Waals surface area contributed by atoms with E-state index in [0.29, 0.717) is 16.8 Å². The summed E-state index contributed by atoms with van der Waals surface area (Å²) in [4.78, 5) is 25.0. The second-order valence-corrected chi connectivity index (χ2v) is 6.18. The Morgan fingerprint density at radius 2 is 2.25 bits per heavy atom. The van der Waals surface area contributed by atoms with Gasteiger partial charge in [-0.1, -0.05) is 0 Å². The molecule has 0 aliphatic rings. The third-order valence-electron chi connectivity index (χ3n) is 2.83. The zero-order valence-corrected chi connectivity index (χ0v) is 12.2. The lowest BCUT2D eigenvalue weighted by molar-refractivity contribution is 0.0606. The average Bonchev–Trinajstić information content (AvgIpc) is 3.10. The van der Waals surface area contributed by atoms with Crippen LogP contribution in [0.15, 0.2) is 34.6 Å². The summed E-state index contributed by atoms with van der Waals surface area (Å²) in [5.41, 5.74) is -0.114. The Labute approximate surface area is 122 Å². The fraction of sp³-hybridized carbons (Fsp3) is 0.154. The van der Waals surface area contributed by atoms with Gasteiger partial charge in [-0.15, -0.1) is 22.7 Å². The summed E-state index contributed by atoms with van der Waals surface area (Å²) in [6.45, 7) is 0.353. The first kappa shape index (κ1) is 13.0. The van der Waals surface area contributed by atoms with Crippen molar-refractivity contribution in [2.45, 2.75) is 6.54 Å². The van der Waals surface area contributed by atoms with E-state index in [0.717, 1.165) is 9.58 Å².